The van der Waals surface area contributed by atoms with Crippen molar-refractivity contribution in [3.05, 3.63) is 36.0 Å². The first-order valence-electron chi connectivity index (χ1n) is 5.99. The Bertz CT molecular complexity index is 407. The van der Waals surface area contributed by atoms with Crippen LogP contribution >= 0.6 is 15.9 Å². The fraction of sp³-hybridized carbons (Fsp3) is 0.429. The van der Waals surface area contributed by atoms with E-state index in [0.717, 1.165) is 24.3 Å². The van der Waals surface area contributed by atoms with E-state index in [2.05, 4.69) is 52.3 Å². The van der Waals surface area contributed by atoms with Gasteiger partial charge in [-0.15, -0.1) is 0 Å². The van der Waals surface area contributed by atoms with Crippen molar-refractivity contribution in [2.24, 2.45) is 10.1 Å². The minimum atomic E-state index is 0.182. The van der Waals surface area contributed by atoms with Crippen LogP contribution in [0.2, 0.25) is 0 Å². The third-order valence-electron chi connectivity index (χ3n) is 3.04. The van der Waals surface area contributed by atoms with E-state index < -0.39 is 0 Å². The normalized spacial score (nSPS) is 23.1. The molecule has 1 rings (SSSR count). The smallest absolute Gasteiger partial charge is 0.121 e. The molecule has 1 aliphatic rings. The first-order valence-corrected chi connectivity index (χ1v) is 7.11. The summed E-state index contributed by atoms with van der Waals surface area (Å²) in [6.45, 7) is 11.9. The number of allylic oxidation sites excluding steroid dienone is 3. The van der Waals surface area contributed by atoms with Crippen molar-refractivity contribution >= 4 is 28.5 Å². The lowest BCUT2D eigenvalue weighted by atomic mass is 9.99. The molecule has 18 heavy (non-hydrogen) atoms. The summed E-state index contributed by atoms with van der Waals surface area (Å²) in [5, 5.41) is 5.96. The minimum Gasteiger partial charge on any atom is -0.259 e. The summed E-state index contributed by atoms with van der Waals surface area (Å²) in [6.07, 6.45) is 8.01. The summed E-state index contributed by atoms with van der Waals surface area (Å²) in [6, 6.07) is 0.182. The molecule has 98 valence electrons. The second kappa shape index (κ2) is 7.31. The molecule has 3 nitrogen and oxygen atoms in total. The monoisotopic (exact) mass is 309 g/mol. The number of alkyl halides is 1. The van der Waals surface area contributed by atoms with Gasteiger partial charge in [-0.05, 0) is 31.4 Å². The van der Waals surface area contributed by atoms with Crippen LogP contribution in [0.4, 0.5) is 0 Å². The Labute approximate surface area is 118 Å². The molecule has 0 bridgehead atoms. The second-order valence-corrected chi connectivity index (χ2v) is 4.64. The lowest BCUT2D eigenvalue weighted by molar-refractivity contribution is 0.398. The highest BCUT2D eigenvalue weighted by atomic mass is 79.9. The molecule has 1 fully saturated rings. The number of hydrogen-bond donors (Lipinski definition) is 0. The average molecular weight is 310 g/mol. The Hall–Kier alpha value is -1.16. The van der Waals surface area contributed by atoms with Gasteiger partial charge in [-0.2, -0.15) is 5.10 Å². The SMILES string of the molecule is C=NN1/C(=N\CBr)CCC1C(=C)/C(C)=C\C=C/C. The van der Waals surface area contributed by atoms with Crippen molar-refractivity contribution < 1.29 is 0 Å². The van der Waals surface area contributed by atoms with Crippen molar-refractivity contribution in [2.75, 3.05) is 5.45 Å². The maximum absolute atomic E-state index is 4.38. The molecule has 1 aliphatic heterocycles. The number of rotatable bonds is 5. The molecule has 1 saturated heterocycles. The summed E-state index contributed by atoms with van der Waals surface area (Å²) < 4.78 is 0. The van der Waals surface area contributed by atoms with E-state index in [1.54, 1.807) is 0 Å². The lowest BCUT2D eigenvalue weighted by Gasteiger charge is -2.23. The van der Waals surface area contributed by atoms with E-state index in [1.165, 1.54) is 5.57 Å². The number of hydrazone groups is 1. The van der Waals surface area contributed by atoms with Gasteiger partial charge < -0.3 is 0 Å². The van der Waals surface area contributed by atoms with Gasteiger partial charge in [0, 0.05) is 13.1 Å². The number of nitrogens with zero attached hydrogens (tertiary/aromatic N) is 3. The van der Waals surface area contributed by atoms with Crippen molar-refractivity contribution in [1.82, 2.24) is 5.01 Å². The van der Waals surface area contributed by atoms with E-state index in [0.29, 0.717) is 5.45 Å². The maximum Gasteiger partial charge on any atom is 0.121 e. The Morgan fingerprint density at radius 1 is 1.61 bits per heavy atom. The van der Waals surface area contributed by atoms with Gasteiger partial charge in [-0.3, -0.25) is 4.99 Å². The molecule has 1 heterocycles. The number of halogens is 1. The topological polar surface area (TPSA) is 28.0 Å². The molecule has 1 atom stereocenters. The van der Waals surface area contributed by atoms with Crippen LogP contribution in [0.25, 0.3) is 0 Å². The molecule has 0 aliphatic carbocycles. The summed E-state index contributed by atoms with van der Waals surface area (Å²) >= 11 is 3.32. The highest BCUT2D eigenvalue weighted by molar-refractivity contribution is 9.09. The predicted octanol–water partition coefficient (Wildman–Crippen LogP) is 3.90. The zero-order valence-corrected chi connectivity index (χ0v) is 12.7. The van der Waals surface area contributed by atoms with Crippen LogP contribution in [0.3, 0.4) is 0 Å². The van der Waals surface area contributed by atoms with E-state index in [4.69, 9.17) is 0 Å². The van der Waals surface area contributed by atoms with Gasteiger partial charge in [0.25, 0.3) is 0 Å². The molecule has 0 radical (unpaired) electrons. The van der Waals surface area contributed by atoms with Crippen LogP contribution in [0.15, 0.2) is 46.0 Å². The summed E-state index contributed by atoms with van der Waals surface area (Å²) in [4.78, 5) is 4.38. The number of amidine groups is 1. The molecule has 1 unspecified atom stereocenters. The van der Waals surface area contributed by atoms with Crippen LogP contribution in [0.5, 0.6) is 0 Å². The Kier molecular flexibility index (Phi) is 6.05. The van der Waals surface area contributed by atoms with Crippen LogP contribution < -0.4 is 0 Å². The molecule has 0 aromatic heterocycles. The quantitative estimate of drug-likeness (QED) is 0.328. The fourth-order valence-electron chi connectivity index (χ4n) is 2.02. The summed E-state index contributed by atoms with van der Waals surface area (Å²) in [5.74, 6) is 0.979. The van der Waals surface area contributed by atoms with Crippen molar-refractivity contribution in [3.63, 3.8) is 0 Å². The molecule has 0 amide bonds. The van der Waals surface area contributed by atoms with Gasteiger partial charge in [-0.25, -0.2) is 5.01 Å². The van der Waals surface area contributed by atoms with E-state index >= 15 is 0 Å². The minimum absolute atomic E-state index is 0.182. The van der Waals surface area contributed by atoms with Gasteiger partial charge in [-0.1, -0.05) is 40.7 Å². The maximum atomic E-state index is 4.38. The highest BCUT2D eigenvalue weighted by Crippen LogP contribution is 2.28. The van der Waals surface area contributed by atoms with Crippen molar-refractivity contribution in [2.45, 2.75) is 32.7 Å². The first-order chi connectivity index (χ1) is 8.65. The van der Waals surface area contributed by atoms with Gasteiger partial charge in [0.05, 0.1) is 11.5 Å². The molecule has 0 N–H and O–H groups in total. The molecule has 0 aromatic carbocycles. The lowest BCUT2D eigenvalue weighted by Crippen LogP contribution is -2.29. The third kappa shape index (κ3) is 3.42. The highest BCUT2D eigenvalue weighted by Gasteiger charge is 2.31. The number of hydrogen-bond acceptors (Lipinski definition) is 2. The molecule has 0 aromatic rings. The predicted molar refractivity (Wildman–Crippen MR) is 83.4 cm³/mol. The Balaban J connectivity index is 2.87. The van der Waals surface area contributed by atoms with Crippen LogP contribution in [-0.2, 0) is 0 Å². The number of aliphatic imine (C=N–C) groups is 1. The van der Waals surface area contributed by atoms with Crippen LogP contribution in [0.1, 0.15) is 26.7 Å². The van der Waals surface area contributed by atoms with Crippen LogP contribution in [-0.4, -0.2) is 29.1 Å². The first kappa shape index (κ1) is 14.9. The Morgan fingerprint density at radius 3 is 2.89 bits per heavy atom. The molecule has 0 spiro atoms. The van der Waals surface area contributed by atoms with E-state index in [1.807, 2.05) is 24.1 Å². The molecular formula is C14H20BrN3. The van der Waals surface area contributed by atoms with Gasteiger partial charge in [0.1, 0.15) is 5.84 Å². The van der Waals surface area contributed by atoms with Gasteiger partial charge in [0.2, 0.25) is 0 Å². The zero-order valence-electron chi connectivity index (χ0n) is 11.1. The summed E-state index contributed by atoms with van der Waals surface area (Å²) in [7, 11) is 0. The Morgan fingerprint density at radius 2 is 2.33 bits per heavy atom. The molecule has 0 saturated carbocycles. The van der Waals surface area contributed by atoms with Crippen LogP contribution in [0, 0.1) is 0 Å². The van der Waals surface area contributed by atoms with E-state index in [-0.39, 0.29) is 6.04 Å². The summed E-state index contributed by atoms with van der Waals surface area (Å²) in [5.41, 5.74) is 2.85. The van der Waals surface area contributed by atoms with Gasteiger partial charge >= 0.3 is 0 Å². The molecular weight excluding hydrogens is 290 g/mol. The largest absolute Gasteiger partial charge is 0.259 e. The van der Waals surface area contributed by atoms with Gasteiger partial charge in [0.15, 0.2) is 0 Å². The standard InChI is InChI=1S/C14H20BrN3/c1-5-6-7-11(2)12(3)13-8-9-14(17-10-15)18(13)16-4/h5-7,13H,3-4,8-10H2,1-2H3/b6-5-,11-7-,17-14-. The van der Waals surface area contributed by atoms with Crippen molar-refractivity contribution in [3.8, 4) is 0 Å². The fourth-order valence-corrected chi connectivity index (χ4v) is 2.30. The zero-order chi connectivity index (χ0) is 13.5. The second-order valence-electron chi connectivity index (χ2n) is 4.14. The third-order valence-corrected chi connectivity index (χ3v) is 3.29. The van der Waals surface area contributed by atoms with E-state index in [9.17, 15) is 0 Å². The average Bonchev–Trinajstić information content (AvgIpc) is 2.78. The molecule has 4 heteroatoms. The van der Waals surface area contributed by atoms with Crippen molar-refractivity contribution in [1.29, 1.82) is 0 Å².